The van der Waals surface area contributed by atoms with Gasteiger partial charge in [-0.1, -0.05) is 90.5 Å². The molecule has 130 valence electrons. The topological polar surface area (TPSA) is 34.1 Å². The number of carbonyl (C=O) groups is 2. The van der Waals surface area contributed by atoms with Crippen molar-refractivity contribution in [1.29, 1.82) is 0 Å². The van der Waals surface area contributed by atoms with Crippen molar-refractivity contribution in [2.75, 3.05) is 0 Å². The van der Waals surface area contributed by atoms with Crippen molar-refractivity contribution < 1.29 is 9.59 Å². The maximum atomic E-state index is 13.4. The molecule has 0 aromatic heterocycles. The van der Waals surface area contributed by atoms with Crippen LogP contribution in [0.1, 0.15) is 45.8 Å². The highest BCUT2D eigenvalue weighted by molar-refractivity contribution is 6.05. The molecule has 0 N–H and O–H groups in total. The number of ketones is 2. The number of hydrogen-bond acceptors (Lipinski definition) is 2. The lowest BCUT2D eigenvalue weighted by Crippen LogP contribution is -2.25. The number of rotatable bonds is 6. The zero-order valence-corrected chi connectivity index (χ0v) is 15.1. The number of carbonyl (C=O) groups excluding carboxylic acids is 2. The molecule has 3 aromatic rings. The van der Waals surface area contributed by atoms with Gasteiger partial charge in [0.2, 0.25) is 0 Å². The summed E-state index contributed by atoms with van der Waals surface area (Å²) >= 11 is 0. The molecule has 0 aliphatic rings. The molecule has 0 heterocycles. The molecule has 0 aliphatic carbocycles. The van der Waals surface area contributed by atoms with Crippen LogP contribution < -0.4 is 0 Å². The van der Waals surface area contributed by atoms with Gasteiger partial charge >= 0.3 is 0 Å². The Morgan fingerprint density at radius 1 is 0.654 bits per heavy atom. The molecule has 2 nitrogen and oxygen atoms in total. The first kappa shape index (κ1) is 17.8. The SMILES string of the molecule is CC(=O)[C@@H](c1ccccc1)[C@@H](C(=O)c1ccccc1)c1ccc(C)cc1. The largest absolute Gasteiger partial charge is 0.299 e. The van der Waals surface area contributed by atoms with Crippen LogP contribution in [-0.4, -0.2) is 11.6 Å². The molecular formula is C24H22O2. The lowest BCUT2D eigenvalue weighted by molar-refractivity contribution is -0.118. The lowest BCUT2D eigenvalue weighted by atomic mass is 9.75. The number of benzene rings is 3. The summed E-state index contributed by atoms with van der Waals surface area (Å²) in [5.41, 5.74) is 3.49. The Morgan fingerprint density at radius 2 is 1.15 bits per heavy atom. The Morgan fingerprint density at radius 3 is 1.69 bits per heavy atom. The van der Waals surface area contributed by atoms with E-state index < -0.39 is 11.8 Å². The second-order valence-corrected chi connectivity index (χ2v) is 6.62. The van der Waals surface area contributed by atoms with E-state index in [1.807, 2.05) is 91.9 Å². The van der Waals surface area contributed by atoms with Gasteiger partial charge in [-0.05, 0) is 25.0 Å². The van der Waals surface area contributed by atoms with Gasteiger partial charge in [-0.2, -0.15) is 0 Å². The summed E-state index contributed by atoms with van der Waals surface area (Å²) in [5, 5.41) is 0. The third-order valence-corrected chi connectivity index (χ3v) is 4.71. The molecule has 0 fully saturated rings. The van der Waals surface area contributed by atoms with Gasteiger partial charge < -0.3 is 0 Å². The van der Waals surface area contributed by atoms with E-state index >= 15 is 0 Å². The number of aryl methyl sites for hydroxylation is 1. The smallest absolute Gasteiger partial charge is 0.171 e. The molecule has 26 heavy (non-hydrogen) atoms. The molecule has 2 heteroatoms. The quantitative estimate of drug-likeness (QED) is 0.567. The molecule has 0 bridgehead atoms. The summed E-state index contributed by atoms with van der Waals surface area (Å²) in [6.45, 7) is 3.58. The zero-order chi connectivity index (χ0) is 18.5. The van der Waals surface area contributed by atoms with E-state index in [0.717, 1.165) is 16.7 Å². The van der Waals surface area contributed by atoms with E-state index in [2.05, 4.69) is 0 Å². The highest BCUT2D eigenvalue weighted by atomic mass is 16.1. The van der Waals surface area contributed by atoms with Crippen LogP contribution in [0.15, 0.2) is 84.9 Å². The minimum absolute atomic E-state index is 0.00828. The predicted molar refractivity (Wildman–Crippen MR) is 105 cm³/mol. The molecule has 2 atom stereocenters. The Labute approximate surface area is 154 Å². The summed E-state index contributed by atoms with van der Waals surface area (Å²) < 4.78 is 0. The summed E-state index contributed by atoms with van der Waals surface area (Å²) in [7, 11) is 0. The number of Topliss-reactive ketones (excluding diaryl/α,β-unsaturated/α-hetero) is 2. The van der Waals surface area contributed by atoms with Gasteiger partial charge in [0.25, 0.3) is 0 Å². The van der Waals surface area contributed by atoms with Crippen molar-refractivity contribution in [1.82, 2.24) is 0 Å². The van der Waals surface area contributed by atoms with Crippen molar-refractivity contribution in [3.05, 3.63) is 107 Å². The molecular weight excluding hydrogens is 320 g/mol. The fraction of sp³-hybridized carbons (Fsp3) is 0.167. The molecule has 0 amide bonds. The summed E-state index contributed by atoms with van der Waals surface area (Å²) in [4.78, 5) is 26.0. The van der Waals surface area contributed by atoms with E-state index in [0.29, 0.717) is 5.56 Å². The summed E-state index contributed by atoms with van der Waals surface area (Å²) in [6, 6.07) is 26.7. The normalized spacial score (nSPS) is 13.0. The van der Waals surface area contributed by atoms with E-state index in [4.69, 9.17) is 0 Å². The van der Waals surface area contributed by atoms with Crippen molar-refractivity contribution in [3.8, 4) is 0 Å². The minimum atomic E-state index is -0.544. The fourth-order valence-corrected chi connectivity index (χ4v) is 3.37. The van der Waals surface area contributed by atoms with Gasteiger partial charge in [-0.25, -0.2) is 0 Å². The fourth-order valence-electron chi connectivity index (χ4n) is 3.37. The first-order chi connectivity index (χ1) is 12.6. The van der Waals surface area contributed by atoms with Crippen LogP contribution in [0.4, 0.5) is 0 Å². The van der Waals surface area contributed by atoms with Crippen LogP contribution in [0.5, 0.6) is 0 Å². The second-order valence-electron chi connectivity index (χ2n) is 6.62. The van der Waals surface area contributed by atoms with Gasteiger partial charge in [0.1, 0.15) is 5.78 Å². The Kier molecular flexibility index (Phi) is 5.43. The van der Waals surface area contributed by atoms with Crippen molar-refractivity contribution in [3.63, 3.8) is 0 Å². The summed E-state index contributed by atoms with van der Waals surface area (Å²) in [5.74, 6) is -1.09. The van der Waals surface area contributed by atoms with E-state index in [9.17, 15) is 9.59 Å². The Balaban J connectivity index is 2.14. The third-order valence-electron chi connectivity index (χ3n) is 4.71. The van der Waals surface area contributed by atoms with Crippen LogP contribution >= 0.6 is 0 Å². The van der Waals surface area contributed by atoms with Crippen molar-refractivity contribution in [2.24, 2.45) is 0 Å². The van der Waals surface area contributed by atoms with Crippen LogP contribution in [0.3, 0.4) is 0 Å². The molecule has 0 spiro atoms. The molecule has 0 aliphatic heterocycles. The van der Waals surface area contributed by atoms with Gasteiger partial charge in [0, 0.05) is 5.56 Å². The van der Waals surface area contributed by atoms with E-state index in [1.54, 1.807) is 6.92 Å². The maximum Gasteiger partial charge on any atom is 0.171 e. The standard InChI is InChI=1S/C24H22O2/c1-17-13-15-20(16-14-17)23(24(26)21-11-7-4-8-12-21)22(18(2)25)19-9-5-3-6-10-19/h3-16,22-23H,1-2H3/t22-,23-/m0/s1. The minimum Gasteiger partial charge on any atom is -0.299 e. The molecule has 0 radical (unpaired) electrons. The molecule has 0 unspecified atom stereocenters. The third kappa shape index (κ3) is 3.80. The average molecular weight is 342 g/mol. The van der Waals surface area contributed by atoms with Gasteiger partial charge in [0.15, 0.2) is 5.78 Å². The summed E-state index contributed by atoms with van der Waals surface area (Å²) in [6.07, 6.45) is 0. The van der Waals surface area contributed by atoms with Crippen LogP contribution in [0, 0.1) is 6.92 Å². The number of hydrogen-bond donors (Lipinski definition) is 0. The van der Waals surface area contributed by atoms with Gasteiger partial charge in [-0.15, -0.1) is 0 Å². The zero-order valence-electron chi connectivity index (χ0n) is 15.1. The first-order valence-electron chi connectivity index (χ1n) is 8.79. The first-order valence-corrected chi connectivity index (χ1v) is 8.79. The average Bonchev–Trinajstić information content (AvgIpc) is 2.67. The van der Waals surface area contributed by atoms with Crippen LogP contribution in [-0.2, 0) is 4.79 Å². The van der Waals surface area contributed by atoms with Crippen molar-refractivity contribution in [2.45, 2.75) is 25.7 Å². The predicted octanol–water partition coefficient (Wildman–Crippen LogP) is 5.33. The lowest BCUT2D eigenvalue weighted by Gasteiger charge is -2.25. The monoisotopic (exact) mass is 342 g/mol. The maximum absolute atomic E-state index is 13.4. The van der Waals surface area contributed by atoms with Gasteiger partial charge in [-0.3, -0.25) is 9.59 Å². The van der Waals surface area contributed by atoms with Crippen LogP contribution in [0.25, 0.3) is 0 Å². The van der Waals surface area contributed by atoms with Gasteiger partial charge in [0.05, 0.1) is 11.8 Å². The van der Waals surface area contributed by atoms with Crippen molar-refractivity contribution >= 4 is 11.6 Å². The highest BCUT2D eigenvalue weighted by Gasteiger charge is 2.34. The second kappa shape index (κ2) is 7.92. The molecule has 0 saturated carbocycles. The van der Waals surface area contributed by atoms with E-state index in [-0.39, 0.29) is 11.6 Å². The highest BCUT2D eigenvalue weighted by Crippen LogP contribution is 2.36. The molecule has 3 rings (SSSR count). The van der Waals surface area contributed by atoms with E-state index in [1.165, 1.54) is 0 Å². The van der Waals surface area contributed by atoms with Crippen LogP contribution in [0.2, 0.25) is 0 Å². The molecule has 3 aromatic carbocycles. The molecule has 0 saturated heterocycles. The Hall–Kier alpha value is -3.00. The Bertz CT molecular complexity index is 881.